The minimum atomic E-state index is -0.226. The molecule has 0 aliphatic carbocycles. The number of carbonyl (C=O) groups excluding carboxylic acids is 3. The van der Waals surface area contributed by atoms with E-state index in [1.165, 1.54) is 4.90 Å². The molecule has 1 atom stereocenters. The van der Waals surface area contributed by atoms with E-state index >= 15 is 0 Å². The predicted molar refractivity (Wildman–Crippen MR) is 91.8 cm³/mol. The Kier molecular flexibility index (Phi) is 5.50. The van der Waals surface area contributed by atoms with Gasteiger partial charge in [-0.3, -0.25) is 14.5 Å². The highest BCUT2D eigenvalue weighted by Gasteiger charge is 2.46. The van der Waals surface area contributed by atoms with Crippen LogP contribution in [0.3, 0.4) is 0 Å². The molecule has 1 aliphatic rings. The summed E-state index contributed by atoms with van der Waals surface area (Å²) < 4.78 is 0. The van der Waals surface area contributed by atoms with Crippen LogP contribution in [0.5, 0.6) is 0 Å². The largest absolute Gasteiger partial charge is 0.300 e. The molecule has 1 rings (SSSR count). The Morgan fingerprint density at radius 2 is 1.57 bits per heavy atom. The minimum Gasteiger partial charge on any atom is -0.300 e. The molecule has 0 bridgehead atoms. The molecule has 0 spiro atoms. The summed E-state index contributed by atoms with van der Waals surface area (Å²) in [4.78, 5) is 37.8. The van der Waals surface area contributed by atoms with Gasteiger partial charge in [-0.2, -0.15) is 0 Å². The number of hydrogen-bond acceptors (Lipinski definition) is 3. The fourth-order valence-corrected chi connectivity index (χ4v) is 4.04. The molecule has 0 aromatic rings. The number of rotatable bonds is 6. The number of likely N-dealkylation sites (tertiary alicyclic amines) is 1. The zero-order valence-corrected chi connectivity index (χ0v) is 16.1. The van der Waals surface area contributed by atoms with Gasteiger partial charge >= 0.3 is 0 Å². The van der Waals surface area contributed by atoms with E-state index in [0.717, 1.165) is 6.42 Å². The van der Waals surface area contributed by atoms with Crippen LogP contribution in [-0.4, -0.2) is 29.0 Å². The third-order valence-electron chi connectivity index (χ3n) is 4.56. The highest BCUT2D eigenvalue weighted by molar-refractivity contribution is 6.03. The van der Waals surface area contributed by atoms with Crippen molar-refractivity contribution in [3.8, 4) is 0 Å². The summed E-state index contributed by atoms with van der Waals surface area (Å²) in [6.07, 6.45) is 1.62. The number of Topliss-reactive ketones (excluding diaryl/α,β-unsaturated/α-hetero) is 1. The van der Waals surface area contributed by atoms with E-state index in [2.05, 4.69) is 27.7 Å². The lowest BCUT2D eigenvalue weighted by Gasteiger charge is -2.37. The lowest BCUT2D eigenvalue weighted by atomic mass is 9.72. The topological polar surface area (TPSA) is 54.5 Å². The van der Waals surface area contributed by atoms with E-state index in [9.17, 15) is 14.4 Å². The highest BCUT2D eigenvalue weighted by atomic mass is 16.2. The third-order valence-corrected chi connectivity index (χ3v) is 4.56. The zero-order chi connectivity index (χ0) is 18.2. The smallest absolute Gasteiger partial charge is 0.233 e. The Balaban J connectivity index is 2.83. The average Bonchev–Trinajstić information content (AvgIpc) is 2.52. The van der Waals surface area contributed by atoms with E-state index in [4.69, 9.17) is 0 Å². The average molecular weight is 323 g/mol. The van der Waals surface area contributed by atoms with E-state index in [1.807, 2.05) is 20.8 Å². The molecule has 1 heterocycles. The van der Waals surface area contributed by atoms with Gasteiger partial charge in [0.25, 0.3) is 0 Å². The summed E-state index contributed by atoms with van der Waals surface area (Å²) in [5.74, 6) is -0.157. The summed E-state index contributed by atoms with van der Waals surface area (Å²) in [6, 6.07) is 0. The summed E-state index contributed by atoms with van der Waals surface area (Å²) in [6.45, 7) is 16.3. The minimum absolute atomic E-state index is 0.0417. The Morgan fingerprint density at radius 3 is 1.96 bits per heavy atom. The third kappa shape index (κ3) is 5.43. The van der Waals surface area contributed by atoms with Gasteiger partial charge in [-0.05, 0) is 29.6 Å². The lowest BCUT2D eigenvalue weighted by Crippen LogP contribution is -2.41. The van der Waals surface area contributed by atoms with Crippen molar-refractivity contribution in [2.45, 2.75) is 74.7 Å². The van der Waals surface area contributed by atoms with Crippen molar-refractivity contribution >= 4 is 17.6 Å². The van der Waals surface area contributed by atoms with Gasteiger partial charge in [0.05, 0.1) is 5.92 Å². The van der Waals surface area contributed by atoms with Crippen molar-refractivity contribution in [1.29, 1.82) is 0 Å². The number of amides is 2. The lowest BCUT2D eigenvalue weighted by molar-refractivity contribution is -0.142. The molecule has 0 saturated carbocycles. The van der Waals surface area contributed by atoms with Crippen LogP contribution >= 0.6 is 0 Å². The van der Waals surface area contributed by atoms with Crippen molar-refractivity contribution < 1.29 is 14.4 Å². The first kappa shape index (κ1) is 19.9. The quantitative estimate of drug-likeness (QED) is 0.698. The molecule has 23 heavy (non-hydrogen) atoms. The second kappa shape index (κ2) is 6.37. The number of carbonyl (C=O) groups is 3. The van der Waals surface area contributed by atoms with E-state index in [1.54, 1.807) is 6.92 Å². The summed E-state index contributed by atoms with van der Waals surface area (Å²) in [5.41, 5.74) is -0.541. The molecular weight excluding hydrogens is 290 g/mol. The maximum absolute atomic E-state index is 12.6. The van der Waals surface area contributed by atoms with Crippen LogP contribution < -0.4 is 0 Å². The number of ketones is 1. The second-order valence-corrected chi connectivity index (χ2v) is 9.82. The molecule has 0 N–H and O–H groups in total. The van der Waals surface area contributed by atoms with E-state index in [-0.39, 0.29) is 39.8 Å². The van der Waals surface area contributed by atoms with Crippen LogP contribution in [0.2, 0.25) is 0 Å². The Hall–Kier alpha value is -1.19. The standard InChI is InChI=1S/C19H33NO3/c1-13(21)10-18(5,6)11-19(7,8)12-20-15(22)9-14(16(20)23)17(2,3)4/h14H,9-12H2,1-8H3. The molecule has 132 valence electrons. The number of imide groups is 1. The van der Waals surface area contributed by atoms with Gasteiger partial charge in [-0.1, -0.05) is 48.5 Å². The molecule has 4 heteroatoms. The fraction of sp³-hybridized carbons (Fsp3) is 0.842. The monoisotopic (exact) mass is 323 g/mol. The highest BCUT2D eigenvalue weighted by Crippen LogP contribution is 2.40. The molecule has 1 saturated heterocycles. The molecule has 4 nitrogen and oxygen atoms in total. The van der Waals surface area contributed by atoms with Gasteiger partial charge in [0, 0.05) is 19.4 Å². The van der Waals surface area contributed by atoms with Gasteiger partial charge < -0.3 is 4.79 Å². The normalized spacial score (nSPS) is 20.3. The van der Waals surface area contributed by atoms with Gasteiger partial charge in [-0.25, -0.2) is 0 Å². The predicted octanol–water partition coefficient (Wildman–Crippen LogP) is 3.83. The van der Waals surface area contributed by atoms with Crippen molar-refractivity contribution in [2.24, 2.45) is 22.2 Å². The van der Waals surface area contributed by atoms with Crippen LogP contribution in [0, 0.1) is 22.2 Å². The first-order valence-electron chi connectivity index (χ1n) is 8.48. The van der Waals surface area contributed by atoms with Gasteiger partial charge in [-0.15, -0.1) is 0 Å². The van der Waals surface area contributed by atoms with Crippen molar-refractivity contribution in [2.75, 3.05) is 6.54 Å². The number of nitrogens with zero attached hydrogens (tertiary/aromatic N) is 1. The maximum Gasteiger partial charge on any atom is 0.233 e. The molecule has 1 aliphatic heterocycles. The van der Waals surface area contributed by atoms with Crippen molar-refractivity contribution in [3.63, 3.8) is 0 Å². The van der Waals surface area contributed by atoms with Gasteiger partial charge in [0.15, 0.2) is 0 Å². The maximum atomic E-state index is 12.6. The number of hydrogen-bond donors (Lipinski definition) is 0. The van der Waals surface area contributed by atoms with Gasteiger partial charge in [0.2, 0.25) is 11.8 Å². The molecule has 2 amide bonds. The van der Waals surface area contributed by atoms with E-state index < -0.39 is 0 Å². The van der Waals surface area contributed by atoms with Crippen LogP contribution in [0.4, 0.5) is 0 Å². The first-order valence-corrected chi connectivity index (χ1v) is 8.48. The fourth-order valence-electron chi connectivity index (χ4n) is 4.04. The molecular formula is C19H33NO3. The Bertz CT molecular complexity index is 497. The van der Waals surface area contributed by atoms with Crippen molar-refractivity contribution in [3.05, 3.63) is 0 Å². The SMILES string of the molecule is CC(=O)CC(C)(C)CC(C)(C)CN1C(=O)CC(C(C)(C)C)C1=O. The van der Waals surface area contributed by atoms with Crippen LogP contribution in [0.15, 0.2) is 0 Å². The summed E-state index contributed by atoms with van der Waals surface area (Å²) >= 11 is 0. The molecule has 0 aromatic carbocycles. The molecule has 1 unspecified atom stereocenters. The second-order valence-electron chi connectivity index (χ2n) is 9.82. The summed E-state index contributed by atoms with van der Waals surface area (Å²) in [7, 11) is 0. The first-order chi connectivity index (χ1) is 10.1. The van der Waals surface area contributed by atoms with Crippen LogP contribution in [-0.2, 0) is 14.4 Å². The van der Waals surface area contributed by atoms with Crippen LogP contribution in [0.25, 0.3) is 0 Å². The van der Waals surface area contributed by atoms with Crippen LogP contribution in [0.1, 0.15) is 74.7 Å². The Labute approximate surface area is 141 Å². The molecule has 0 radical (unpaired) electrons. The summed E-state index contributed by atoms with van der Waals surface area (Å²) in [5, 5.41) is 0. The van der Waals surface area contributed by atoms with Gasteiger partial charge in [0.1, 0.15) is 5.78 Å². The zero-order valence-electron chi connectivity index (χ0n) is 16.1. The Morgan fingerprint density at radius 1 is 1.04 bits per heavy atom. The van der Waals surface area contributed by atoms with Crippen molar-refractivity contribution in [1.82, 2.24) is 4.90 Å². The molecule has 1 fully saturated rings. The molecule has 0 aromatic heterocycles. The van der Waals surface area contributed by atoms with E-state index in [0.29, 0.717) is 19.4 Å².